The Kier molecular flexibility index (Phi) is 25.2. The third kappa shape index (κ3) is 15.9. The van der Waals surface area contributed by atoms with Gasteiger partial charge in [0.25, 0.3) is 0 Å². The van der Waals surface area contributed by atoms with Crippen LogP contribution in [0.25, 0.3) is 0 Å². The molecule has 424 valence electrons. The fourth-order valence-electron chi connectivity index (χ4n) is 13.3. The van der Waals surface area contributed by atoms with Gasteiger partial charge in [0.05, 0.1) is 51.8 Å². The number of piperidine rings is 2. The molecule has 7 aliphatic heterocycles. The van der Waals surface area contributed by atoms with Gasteiger partial charge in [0.15, 0.2) is 0 Å². The molecule has 7 aliphatic rings. The van der Waals surface area contributed by atoms with Gasteiger partial charge < -0.3 is 45.6 Å². The van der Waals surface area contributed by atoms with Crippen LogP contribution < -0.4 is 0 Å². The molecule has 0 amide bonds. The molecule has 0 saturated carbocycles. The molecular weight excluding hydrogens is 954 g/mol. The molecule has 10 rings (SSSR count). The zero-order valence-corrected chi connectivity index (χ0v) is 45.8. The van der Waals surface area contributed by atoms with E-state index in [2.05, 4.69) is 74.5 Å². The molecule has 76 heavy (non-hydrogen) atoms. The molecule has 8 N–H and O–H groups in total. The minimum Gasteiger partial charge on any atom is -0.393 e. The third-order valence-electron chi connectivity index (χ3n) is 17.0. The Balaban J connectivity index is 0.000000196. The van der Waals surface area contributed by atoms with Crippen molar-refractivity contribution in [2.24, 2.45) is 29.6 Å². The second-order valence-electron chi connectivity index (χ2n) is 23.8. The van der Waals surface area contributed by atoms with E-state index in [0.29, 0.717) is 35.6 Å². The SMILES string of the molecule is C.C.CC(C)CC1=CCC2c3cc(CO)c(CO)cc3CCN2C1.CC(C)C[C@@H]1CN2CCc3cc(CO)c(CO)cc3[C@@H]2C[C@H]1O.CC(C)C[C@H]1CN2CCc3cc(CO)c(CO)cc3[C@H]2C[C@@H]1O.[B]C1CCCO1. The van der Waals surface area contributed by atoms with Crippen LogP contribution in [0.1, 0.15) is 193 Å². The summed E-state index contributed by atoms with van der Waals surface area (Å²) in [5, 5.41) is 78.3. The van der Waals surface area contributed by atoms with E-state index in [1.54, 1.807) is 5.57 Å². The zero-order valence-electron chi connectivity index (χ0n) is 45.8. The lowest BCUT2D eigenvalue weighted by molar-refractivity contribution is -0.0192. The molecule has 2 unspecified atom stereocenters. The van der Waals surface area contributed by atoms with Gasteiger partial charge in [0, 0.05) is 70.0 Å². The van der Waals surface area contributed by atoms with Gasteiger partial charge in [-0.15, -0.1) is 0 Å². The quantitative estimate of drug-likeness (QED) is 0.0642. The number of aliphatic hydroxyl groups is 8. The average molecular weight is 1050 g/mol. The lowest BCUT2D eigenvalue weighted by atomic mass is 9.78. The number of hydrogen-bond donors (Lipinski definition) is 8. The maximum absolute atomic E-state index is 10.6. The molecule has 3 fully saturated rings. The van der Waals surface area contributed by atoms with Crippen molar-refractivity contribution < 1.29 is 45.6 Å². The second-order valence-corrected chi connectivity index (χ2v) is 23.8. The molecule has 8 atom stereocenters. The molecule has 2 radical (unpaired) electrons. The Morgan fingerprint density at radius 2 is 0.921 bits per heavy atom. The number of fused-ring (bicyclic) bond motifs is 9. The first kappa shape index (κ1) is 63.8. The first-order valence-corrected chi connectivity index (χ1v) is 28.3. The normalized spacial score (nSPS) is 25.8. The molecule has 3 aromatic carbocycles. The predicted molar refractivity (Wildman–Crippen MR) is 306 cm³/mol. The first-order chi connectivity index (χ1) is 35.6. The molecule has 0 spiro atoms. The summed E-state index contributed by atoms with van der Waals surface area (Å²) in [5.41, 5.74) is 14.3. The van der Waals surface area contributed by atoms with Crippen molar-refractivity contribution >= 4 is 7.85 Å². The topological polar surface area (TPSA) is 181 Å². The second kappa shape index (κ2) is 30.0. The maximum atomic E-state index is 10.6. The Labute approximate surface area is 459 Å². The fourth-order valence-corrected chi connectivity index (χ4v) is 13.3. The van der Waals surface area contributed by atoms with Crippen molar-refractivity contribution in [1.82, 2.24) is 14.7 Å². The van der Waals surface area contributed by atoms with E-state index >= 15 is 0 Å². The Morgan fingerprint density at radius 1 is 0.539 bits per heavy atom. The van der Waals surface area contributed by atoms with Gasteiger partial charge in [-0.1, -0.05) is 104 Å². The van der Waals surface area contributed by atoms with Crippen LogP contribution in [-0.2, 0) is 63.6 Å². The highest BCUT2D eigenvalue weighted by Crippen LogP contribution is 2.43. The van der Waals surface area contributed by atoms with E-state index in [1.807, 2.05) is 24.3 Å². The average Bonchev–Trinajstić information content (AvgIpc) is 3.88. The van der Waals surface area contributed by atoms with E-state index < -0.39 is 0 Å². The van der Waals surface area contributed by atoms with Gasteiger partial charge >= 0.3 is 0 Å². The molecule has 7 heterocycles. The van der Waals surface area contributed by atoms with Crippen LogP contribution in [0, 0.1) is 29.6 Å². The standard InChI is InChI=1S/2C19H29NO3.C19H27NO2.C4H7BO.2CH4/c2*1-12(2)5-14-9-20-4-3-13-6-15(10-21)16(11-22)7-17(13)18(20)8-19(14)23;1-13(2)7-14-3-4-19-18-9-17(12-22)16(11-21)8-15(18)5-6-20(19)10-14;5-4-2-1-3-6-4;;/h2*6-7,12,14,18-19,21-23H,3-5,8-11H2,1-2H3;3,8-9,13,19,21-22H,4-7,10-12H2,1-2H3;4H,1-3H2;2*1H4/t2*14-,18+,19-;;;;/m10..../s1. The predicted octanol–water partition coefficient (Wildman–Crippen LogP) is 8.50. The van der Waals surface area contributed by atoms with Gasteiger partial charge in [-0.05, 0) is 167 Å². The minimum absolute atomic E-state index is 0. The van der Waals surface area contributed by atoms with Crippen LogP contribution in [0.2, 0.25) is 0 Å². The zero-order chi connectivity index (χ0) is 53.2. The highest BCUT2D eigenvalue weighted by molar-refractivity contribution is 6.11. The van der Waals surface area contributed by atoms with Gasteiger partial charge in [0.2, 0.25) is 0 Å². The van der Waals surface area contributed by atoms with Crippen molar-refractivity contribution in [1.29, 1.82) is 0 Å². The lowest BCUT2D eigenvalue weighted by Gasteiger charge is -2.46. The van der Waals surface area contributed by atoms with Gasteiger partial charge in [-0.3, -0.25) is 14.7 Å². The molecule has 3 saturated heterocycles. The van der Waals surface area contributed by atoms with Crippen molar-refractivity contribution in [3.63, 3.8) is 0 Å². The van der Waals surface area contributed by atoms with Gasteiger partial charge in [-0.2, -0.15) is 0 Å². The Hall–Kier alpha value is -3.02. The molecular formula is C63H100BN3O9. The van der Waals surface area contributed by atoms with E-state index in [1.165, 1.54) is 39.8 Å². The number of benzene rings is 3. The van der Waals surface area contributed by atoms with Crippen molar-refractivity contribution in [2.75, 3.05) is 45.9 Å². The summed E-state index contributed by atoms with van der Waals surface area (Å²) in [4.78, 5) is 7.59. The first-order valence-electron chi connectivity index (χ1n) is 28.3. The van der Waals surface area contributed by atoms with E-state index in [9.17, 15) is 40.9 Å². The van der Waals surface area contributed by atoms with Gasteiger partial charge in [0.1, 0.15) is 7.85 Å². The summed E-state index contributed by atoms with van der Waals surface area (Å²) in [6.07, 6.45) is 13.1. The smallest absolute Gasteiger partial charge is 0.108 e. The van der Waals surface area contributed by atoms with Crippen LogP contribution in [0.15, 0.2) is 48.0 Å². The largest absolute Gasteiger partial charge is 0.393 e. The highest BCUT2D eigenvalue weighted by Gasteiger charge is 2.40. The van der Waals surface area contributed by atoms with Crippen LogP contribution in [0.5, 0.6) is 0 Å². The minimum atomic E-state index is -0.250. The molecule has 13 heteroatoms. The summed E-state index contributed by atoms with van der Waals surface area (Å²) in [6, 6.07) is 13.4. The summed E-state index contributed by atoms with van der Waals surface area (Å²) in [5.74, 6) is 2.66. The van der Waals surface area contributed by atoms with Crippen molar-refractivity contribution in [3.8, 4) is 0 Å². The molecule has 0 aliphatic carbocycles. The van der Waals surface area contributed by atoms with E-state index in [0.717, 1.165) is 143 Å². The number of aliphatic hydroxyl groups excluding tert-OH is 8. The summed E-state index contributed by atoms with van der Waals surface area (Å²) >= 11 is 0. The third-order valence-corrected chi connectivity index (χ3v) is 17.0. The summed E-state index contributed by atoms with van der Waals surface area (Å²) < 4.78 is 4.93. The van der Waals surface area contributed by atoms with Crippen LogP contribution >= 0.6 is 0 Å². The van der Waals surface area contributed by atoms with Crippen molar-refractivity contribution in [3.05, 3.63) is 115 Å². The van der Waals surface area contributed by atoms with Crippen molar-refractivity contribution in [2.45, 2.75) is 203 Å². The molecule has 0 bridgehead atoms. The molecule has 12 nitrogen and oxygen atoms in total. The lowest BCUT2D eigenvalue weighted by Crippen LogP contribution is -2.48. The van der Waals surface area contributed by atoms with E-state index in [4.69, 9.17) is 12.6 Å². The molecule has 0 aromatic heterocycles. The Bertz CT molecular complexity index is 2200. The molecule has 3 aromatic rings. The highest BCUT2D eigenvalue weighted by atomic mass is 16.5. The summed E-state index contributed by atoms with van der Waals surface area (Å²) in [6.45, 7) is 20.3. The fraction of sp³-hybridized carbons (Fsp3) is 0.683. The number of rotatable bonds is 12. The van der Waals surface area contributed by atoms with Gasteiger partial charge in [-0.25, -0.2) is 0 Å². The van der Waals surface area contributed by atoms with E-state index in [-0.39, 0.29) is 84.8 Å². The van der Waals surface area contributed by atoms with Crippen LogP contribution in [0.4, 0.5) is 0 Å². The maximum Gasteiger partial charge on any atom is 0.108 e. The number of ether oxygens (including phenoxy) is 1. The Morgan fingerprint density at radius 3 is 1.25 bits per heavy atom. The van der Waals surface area contributed by atoms with Crippen LogP contribution in [-0.4, -0.2) is 127 Å². The summed E-state index contributed by atoms with van der Waals surface area (Å²) in [7, 11) is 5.31. The monoisotopic (exact) mass is 1050 g/mol. The number of nitrogens with zero attached hydrogens (tertiary/aromatic N) is 3. The number of hydrogen-bond acceptors (Lipinski definition) is 12. The van der Waals surface area contributed by atoms with Crippen LogP contribution in [0.3, 0.4) is 0 Å².